The molecule has 2 atom stereocenters. The van der Waals surface area contributed by atoms with Gasteiger partial charge in [0.15, 0.2) is 0 Å². The Morgan fingerprint density at radius 3 is 2.60 bits per heavy atom. The van der Waals surface area contributed by atoms with E-state index in [0.29, 0.717) is 12.8 Å². The van der Waals surface area contributed by atoms with Crippen molar-refractivity contribution in [3.05, 3.63) is 0 Å². The minimum absolute atomic E-state index is 0.0602. The van der Waals surface area contributed by atoms with Gasteiger partial charge in [0.25, 0.3) is 0 Å². The number of nitrogens with zero attached hydrogens (tertiary/aromatic N) is 1. The average molecular weight is 145 g/mol. The molecule has 2 unspecified atom stereocenters. The van der Waals surface area contributed by atoms with E-state index in [1.165, 1.54) is 6.07 Å². The van der Waals surface area contributed by atoms with Crippen LogP contribution in [0.4, 0.5) is 8.78 Å². The summed E-state index contributed by atoms with van der Waals surface area (Å²) >= 11 is 0. The second-order valence-corrected chi connectivity index (χ2v) is 2.69. The first-order chi connectivity index (χ1) is 4.69. The van der Waals surface area contributed by atoms with Gasteiger partial charge in [-0.05, 0) is 19.3 Å². The van der Waals surface area contributed by atoms with E-state index in [1.54, 1.807) is 0 Å². The Hall–Kier alpha value is -0.650. The van der Waals surface area contributed by atoms with E-state index in [1.807, 2.05) is 0 Å². The second kappa shape index (κ2) is 2.53. The smallest absolute Gasteiger partial charge is 0.226 e. The van der Waals surface area contributed by atoms with Crippen LogP contribution in [0.1, 0.15) is 25.7 Å². The second-order valence-electron chi connectivity index (χ2n) is 2.69. The van der Waals surface area contributed by atoms with E-state index in [-0.39, 0.29) is 12.8 Å². The van der Waals surface area contributed by atoms with Crippen LogP contribution in [0.2, 0.25) is 0 Å². The molecule has 0 aromatic carbocycles. The van der Waals surface area contributed by atoms with E-state index in [4.69, 9.17) is 5.26 Å². The molecule has 1 nitrogen and oxygen atoms in total. The van der Waals surface area contributed by atoms with Gasteiger partial charge < -0.3 is 0 Å². The highest BCUT2D eigenvalue weighted by molar-refractivity contribution is 5.07. The van der Waals surface area contributed by atoms with E-state index < -0.39 is 11.8 Å². The van der Waals surface area contributed by atoms with Crippen LogP contribution < -0.4 is 0 Å². The number of halogens is 2. The minimum atomic E-state index is -2.18. The summed E-state index contributed by atoms with van der Waals surface area (Å²) < 4.78 is 25.6. The van der Waals surface area contributed by atoms with Gasteiger partial charge in [-0.15, -0.1) is 0 Å². The molecule has 56 valence electrons. The molecule has 1 saturated carbocycles. The zero-order valence-corrected chi connectivity index (χ0v) is 5.61. The molecule has 1 fully saturated rings. The first-order valence-electron chi connectivity index (χ1n) is 3.43. The molecule has 0 aromatic heterocycles. The number of hydrogen-bond acceptors (Lipinski definition) is 1. The van der Waals surface area contributed by atoms with Gasteiger partial charge in [-0.3, -0.25) is 0 Å². The van der Waals surface area contributed by atoms with Crippen molar-refractivity contribution in [3.8, 4) is 6.07 Å². The van der Waals surface area contributed by atoms with Crippen LogP contribution in [0, 0.1) is 11.3 Å². The molecule has 0 bridgehead atoms. The summed E-state index contributed by atoms with van der Waals surface area (Å²) in [5, 5.41) is 8.26. The summed E-state index contributed by atoms with van der Waals surface area (Å²) in [4.78, 5) is 0. The Bertz CT molecular complexity index is 163. The van der Waals surface area contributed by atoms with E-state index in [9.17, 15) is 8.78 Å². The van der Waals surface area contributed by atoms with Gasteiger partial charge in [0, 0.05) is 0 Å². The van der Waals surface area contributed by atoms with Crippen LogP contribution in [-0.4, -0.2) is 11.8 Å². The highest BCUT2D eigenvalue weighted by atomic mass is 19.2. The topological polar surface area (TPSA) is 23.8 Å². The monoisotopic (exact) mass is 145 g/mol. The molecule has 0 spiro atoms. The third-order valence-electron chi connectivity index (χ3n) is 1.93. The summed E-state index contributed by atoms with van der Waals surface area (Å²) in [6, 6.07) is 1.39. The Labute approximate surface area is 58.6 Å². The summed E-state index contributed by atoms with van der Waals surface area (Å²) in [6.45, 7) is 0. The largest absolute Gasteiger partial charge is 0.243 e. The molecule has 0 radical (unpaired) electrons. The van der Waals surface area contributed by atoms with Crippen molar-refractivity contribution in [1.82, 2.24) is 0 Å². The van der Waals surface area contributed by atoms with E-state index >= 15 is 0 Å². The molecule has 3 heteroatoms. The molecule has 1 aliphatic rings. The minimum Gasteiger partial charge on any atom is -0.243 e. The molecule has 1 rings (SSSR count). The van der Waals surface area contributed by atoms with Gasteiger partial charge in [0.1, 0.15) is 12.2 Å². The third kappa shape index (κ3) is 1.11. The van der Waals surface area contributed by atoms with Gasteiger partial charge in [-0.2, -0.15) is 5.26 Å². The fourth-order valence-corrected chi connectivity index (χ4v) is 1.22. The van der Waals surface area contributed by atoms with Gasteiger partial charge >= 0.3 is 0 Å². The van der Waals surface area contributed by atoms with Crippen LogP contribution in [0.3, 0.4) is 0 Å². The predicted octanol–water partition coefficient (Wildman–Crippen LogP) is 2.13. The standard InChI is InChI=1S/C7H9F2N/c8-6-3-1-2-4-7(6,9)5-10/h6H,1-4H2. The number of alkyl halides is 2. The lowest BCUT2D eigenvalue weighted by Crippen LogP contribution is -2.36. The van der Waals surface area contributed by atoms with Crippen LogP contribution in [-0.2, 0) is 0 Å². The zero-order valence-electron chi connectivity index (χ0n) is 5.61. The Morgan fingerprint density at radius 1 is 1.50 bits per heavy atom. The molecule has 0 saturated heterocycles. The highest BCUT2D eigenvalue weighted by Crippen LogP contribution is 2.33. The van der Waals surface area contributed by atoms with Crippen molar-refractivity contribution >= 4 is 0 Å². The van der Waals surface area contributed by atoms with Crippen molar-refractivity contribution in [2.75, 3.05) is 0 Å². The highest BCUT2D eigenvalue weighted by Gasteiger charge is 2.41. The summed E-state index contributed by atoms with van der Waals surface area (Å²) in [6.07, 6.45) is 0.0273. The Kier molecular flexibility index (Phi) is 1.89. The third-order valence-corrected chi connectivity index (χ3v) is 1.93. The lowest BCUT2D eigenvalue weighted by Gasteiger charge is -2.25. The quantitative estimate of drug-likeness (QED) is 0.512. The van der Waals surface area contributed by atoms with Crippen molar-refractivity contribution in [2.24, 2.45) is 0 Å². The maximum atomic E-state index is 13.0. The SMILES string of the molecule is N#CC1(F)CCCCC1F. The summed E-state index contributed by atoms with van der Waals surface area (Å²) in [5.41, 5.74) is -2.18. The first-order valence-corrected chi connectivity index (χ1v) is 3.43. The Balaban J connectivity index is 2.65. The maximum absolute atomic E-state index is 13.0. The van der Waals surface area contributed by atoms with Crippen molar-refractivity contribution in [2.45, 2.75) is 37.5 Å². The lowest BCUT2D eigenvalue weighted by atomic mass is 9.86. The van der Waals surface area contributed by atoms with Crippen molar-refractivity contribution < 1.29 is 8.78 Å². The molecule has 0 aromatic rings. The van der Waals surface area contributed by atoms with Gasteiger partial charge in [-0.1, -0.05) is 6.42 Å². The summed E-state index contributed by atoms with van der Waals surface area (Å²) in [5.74, 6) is 0. The molecule has 10 heavy (non-hydrogen) atoms. The number of rotatable bonds is 0. The fourth-order valence-electron chi connectivity index (χ4n) is 1.22. The first kappa shape index (κ1) is 7.46. The molecule has 0 amide bonds. The van der Waals surface area contributed by atoms with E-state index in [2.05, 4.69) is 0 Å². The van der Waals surface area contributed by atoms with Crippen molar-refractivity contribution in [1.29, 1.82) is 5.26 Å². The van der Waals surface area contributed by atoms with Gasteiger partial charge in [0.05, 0.1) is 0 Å². The summed E-state index contributed by atoms with van der Waals surface area (Å²) in [7, 11) is 0. The molecule has 0 aliphatic heterocycles. The maximum Gasteiger partial charge on any atom is 0.226 e. The normalized spacial score (nSPS) is 40.7. The lowest BCUT2D eigenvalue weighted by molar-refractivity contribution is 0.0605. The molecule has 0 N–H and O–H groups in total. The molecular weight excluding hydrogens is 136 g/mol. The van der Waals surface area contributed by atoms with Gasteiger partial charge in [0.2, 0.25) is 5.67 Å². The van der Waals surface area contributed by atoms with Crippen LogP contribution in [0.5, 0.6) is 0 Å². The zero-order chi connectivity index (χ0) is 7.61. The van der Waals surface area contributed by atoms with Crippen molar-refractivity contribution in [3.63, 3.8) is 0 Å². The van der Waals surface area contributed by atoms with Crippen LogP contribution >= 0.6 is 0 Å². The van der Waals surface area contributed by atoms with Crippen LogP contribution in [0.25, 0.3) is 0 Å². The predicted molar refractivity (Wildman–Crippen MR) is 32.8 cm³/mol. The number of nitriles is 1. The molecule has 0 heterocycles. The molecule has 1 aliphatic carbocycles. The fraction of sp³-hybridized carbons (Fsp3) is 0.857. The Morgan fingerprint density at radius 2 is 2.20 bits per heavy atom. The number of hydrogen-bond donors (Lipinski definition) is 0. The average Bonchev–Trinajstić information content (AvgIpc) is 1.96. The van der Waals surface area contributed by atoms with E-state index in [0.717, 1.165) is 0 Å². The van der Waals surface area contributed by atoms with Gasteiger partial charge in [-0.25, -0.2) is 8.78 Å². The molecular formula is C7H9F2N. The van der Waals surface area contributed by atoms with Crippen LogP contribution in [0.15, 0.2) is 0 Å².